The van der Waals surface area contributed by atoms with E-state index in [1.54, 1.807) is 0 Å². The van der Waals surface area contributed by atoms with Crippen molar-refractivity contribution < 1.29 is 14.2 Å². The molecule has 5 heteroatoms. The third-order valence-corrected chi connectivity index (χ3v) is 4.54. The highest BCUT2D eigenvalue weighted by Gasteiger charge is 2.14. The molecule has 1 fully saturated rings. The summed E-state index contributed by atoms with van der Waals surface area (Å²) in [7, 11) is 0. The van der Waals surface area contributed by atoms with Crippen molar-refractivity contribution in [2.45, 2.75) is 39.7 Å². The van der Waals surface area contributed by atoms with Gasteiger partial charge in [0.1, 0.15) is 0 Å². The minimum atomic E-state index is 0.133. The van der Waals surface area contributed by atoms with Gasteiger partial charge in [-0.05, 0) is 57.9 Å². The van der Waals surface area contributed by atoms with Crippen molar-refractivity contribution in [1.29, 1.82) is 0 Å². The van der Waals surface area contributed by atoms with Crippen LogP contribution in [0, 0.1) is 0 Å². The van der Waals surface area contributed by atoms with E-state index in [4.69, 9.17) is 14.2 Å². The Morgan fingerprint density at radius 1 is 1.22 bits per heavy atom. The predicted octanol–water partition coefficient (Wildman–Crippen LogP) is 3.90. The molecular formula is C18H28BrNO3. The van der Waals surface area contributed by atoms with E-state index in [0.717, 1.165) is 61.7 Å². The quantitative estimate of drug-likeness (QED) is 0.678. The van der Waals surface area contributed by atoms with Crippen molar-refractivity contribution >= 4 is 15.9 Å². The summed E-state index contributed by atoms with van der Waals surface area (Å²) in [5.74, 6) is 1.65. The number of nitrogens with zero attached hydrogens (tertiary/aromatic N) is 1. The average Bonchev–Trinajstić information content (AvgIpc) is 2.52. The van der Waals surface area contributed by atoms with Crippen LogP contribution in [0.1, 0.15) is 32.8 Å². The van der Waals surface area contributed by atoms with Crippen LogP contribution >= 0.6 is 15.9 Å². The molecule has 0 radical (unpaired) electrons. The Morgan fingerprint density at radius 3 is 2.61 bits per heavy atom. The van der Waals surface area contributed by atoms with Crippen LogP contribution in [0.15, 0.2) is 16.6 Å². The molecule has 1 heterocycles. The van der Waals surface area contributed by atoms with Crippen LogP contribution in [0.3, 0.4) is 0 Å². The number of hydrogen-bond donors (Lipinski definition) is 0. The highest BCUT2D eigenvalue weighted by molar-refractivity contribution is 9.10. The minimum absolute atomic E-state index is 0.133. The maximum absolute atomic E-state index is 5.86. The van der Waals surface area contributed by atoms with E-state index in [2.05, 4.69) is 26.9 Å². The first-order valence-corrected chi connectivity index (χ1v) is 9.31. The van der Waals surface area contributed by atoms with E-state index in [0.29, 0.717) is 6.61 Å². The molecule has 0 amide bonds. The molecule has 0 aromatic heterocycles. The van der Waals surface area contributed by atoms with E-state index in [-0.39, 0.29) is 6.10 Å². The van der Waals surface area contributed by atoms with Crippen molar-refractivity contribution in [3.63, 3.8) is 0 Å². The lowest BCUT2D eigenvalue weighted by Crippen LogP contribution is -2.36. The first-order valence-electron chi connectivity index (χ1n) is 8.52. The lowest BCUT2D eigenvalue weighted by Gasteiger charge is -2.26. The van der Waals surface area contributed by atoms with Gasteiger partial charge in [-0.2, -0.15) is 0 Å². The Morgan fingerprint density at radius 2 is 1.96 bits per heavy atom. The number of rotatable bonds is 8. The van der Waals surface area contributed by atoms with E-state index >= 15 is 0 Å². The topological polar surface area (TPSA) is 30.9 Å². The molecule has 1 aliphatic heterocycles. The molecule has 0 spiro atoms. The maximum Gasteiger partial charge on any atom is 0.162 e. The molecule has 130 valence electrons. The molecule has 0 unspecified atom stereocenters. The predicted molar refractivity (Wildman–Crippen MR) is 96.7 cm³/mol. The number of aryl methyl sites for hydroxylation is 1. The lowest BCUT2D eigenvalue weighted by molar-refractivity contribution is 0.0374. The van der Waals surface area contributed by atoms with E-state index in [1.807, 2.05) is 26.8 Å². The minimum Gasteiger partial charge on any atom is -0.490 e. The highest BCUT2D eigenvalue weighted by atomic mass is 79.9. The monoisotopic (exact) mass is 385 g/mol. The molecule has 1 aliphatic rings. The maximum atomic E-state index is 5.86. The zero-order chi connectivity index (χ0) is 16.7. The second-order valence-electron chi connectivity index (χ2n) is 6.05. The van der Waals surface area contributed by atoms with Gasteiger partial charge in [-0.3, -0.25) is 4.90 Å². The van der Waals surface area contributed by atoms with Gasteiger partial charge in [0.15, 0.2) is 11.5 Å². The normalized spacial score (nSPS) is 15.9. The number of ether oxygens (including phenoxy) is 3. The Kier molecular flexibility index (Phi) is 7.66. The Balaban J connectivity index is 1.98. The van der Waals surface area contributed by atoms with Crippen molar-refractivity contribution in [2.24, 2.45) is 0 Å². The Hall–Kier alpha value is -0.780. The van der Waals surface area contributed by atoms with Gasteiger partial charge >= 0.3 is 0 Å². The number of benzene rings is 1. The van der Waals surface area contributed by atoms with Crippen LogP contribution in [-0.4, -0.2) is 50.5 Å². The number of halogens is 1. The van der Waals surface area contributed by atoms with Crippen LogP contribution in [0.4, 0.5) is 0 Å². The molecule has 2 rings (SSSR count). The summed E-state index contributed by atoms with van der Waals surface area (Å²) < 4.78 is 18.1. The van der Waals surface area contributed by atoms with E-state index in [1.165, 1.54) is 5.56 Å². The third kappa shape index (κ3) is 5.98. The summed E-state index contributed by atoms with van der Waals surface area (Å²) >= 11 is 3.68. The molecule has 0 atom stereocenters. The van der Waals surface area contributed by atoms with Gasteiger partial charge in [-0.25, -0.2) is 0 Å². The van der Waals surface area contributed by atoms with E-state index in [9.17, 15) is 0 Å². The third-order valence-electron chi connectivity index (χ3n) is 3.80. The molecule has 0 aliphatic carbocycles. The zero-order valence-electron chi connectivity index (χ0n) is 14.4. The summed E-state index contributed by atoms with van der Waals surface area (Å²) in [4.78, 5) is 2.47. The summed E-state index contributed by atoms with van der Waals surface area (Å²) in [6, 6.07) is 4.15. The first kappa shape index (κ1) is 18.6. The summed E-state index contributed by atoms with van der Waals surface area (Å²) in [5.41, 5.74) is 1.28. The molecule has 4 nitrogen and oxygen atoms in total. The largest absolute Gasteiger partial charge is 0.490 e. The first-order chi connectivity index (χ1) is 11.1. The number of hydrogen-bond acceptors (Lipinski definition) is 4. The average molecular weight is 386 g/mol. The molecule has 1 aromatic rings. The summed E-state index contributed by atoms with van der Waals surface area (Å²) in [5, 5.41) is 0. The second-order valence-corrected chi connectivity index (χ2v) is 6.90. The second kappa shape index (κ2) is 9.50. The van der Waals surface area contributed by atoms with Crippen molar-refractivity contribution in [2.75, 3.05) is 39.5 Å². The van der Waals surface area contributed by atoms with Gasteiger partial charge in [0.25, 0.3) is 0 Å². The van der Waals surface area contributed by atoms with Gasteiger partial charge in [0.05, 0.1) is 25.9 Å². The standard InChI is InChI=1S/C18H28BrNO3/c1-4-22-17-12-15(16(19)13-18(17)23-14(2)3)6-5-7-20-8-10-21-11-9-20/h12-14H,4-11H2,1-3H3. The van der Waals surface area contributed by atoms with Gasteiger partial charge in [0.2, 0.25) is 0 Å². The fraction of sp³-hybridized carbons (Fsp3) is 0.667. The molecule has 0 saturated carbocycles. The highest BCUT2D eigenvalue weighted by Crippen LogP contribution is 2.35. The molecular weight excluding hydrogens is 358 g/mol. The van der Waals surface area contributed by atoms with Crippen LogP contribution in [0.5, 0.6) is 11.5 Å². The fourth-order valence-electron chi connectivity index (χ4n) is 2.70. The number of morpholine rings is 1. The molecule has 1 aromatic carbocycles. The van der Waals surface area contributed by atoms with Gasteiger partial charge in [-0.15, -0.1) is 0 Å². The SMILES string of the molecule is CCOc1cc(CCCN2CCOCC2)c(Br)cc1OC(C)C. The van der Waals surface area contributed by atoms with Crippen LogP contribution in [0.2, 0.25) is 0 Å². The summed E-state index contributed by atoms with van der Waals surface area (Å²) in [6.45, 7) is 11.6. The van der Waals surface area contributed by atoms with Gasteiger partial charge in [-0.1, -0.05) is 15.9 Å². The van der Waals surface area contributed by atoms with Crippen molar-refractivity contribution in [3.8, 4) is 11.5 Å². The van der Waals surface area contributed by atoms with Crippen LogP contribution in [-0.2, 0) is 11.2 Å². The van der Waals surface area contributed by atoms with Gasteiger partial charge in [0, 0.05) is 17.6 Å². The summed E-state index contributed by atoms with van der Waals surface area (Å²) in [6.07, 6.45) is 2.29. The Labute approximate surface area is 148 Å². The van der Waals surface area contributed by atoms with Crippen LogP contribution in [0.25, 0.3) is 0 Å². The molecule has 0 N–H and O–H groups in total. The fourth-order valence-corrected chi connectivity index (χ4v) is 3.22. The molecule has 23 heavy (non-hydrogen) atoms. The van der Waals surface area contributed by atoms with Crippen LogP contribution < -0.4 is 9.47 Å². The van der Waals surface area contributed by atoms with Crippen molar-refractivity contribution in [3.05, 3.63) is 22.2 Å². The lowest BCUT2D eigenvalue weighted by atomic mass is 10.1. The molecule has 1 saturated heterocycles. The van der Waals surface area contributed by atoms with E-state index < -0.39 is 0 Å². The smallest absolute Gasteiger partial charge is 0.162 e. The molecule has 0 bridgehead atoms. The van der Waals surface area contributed by atoms with Crippen molar-refractivity contribution in [1.82, 2.24) is 4.90 Å². The Bertz CT molecular complexity index is 487. The zero-order valence-corrected chi connectivity index (χ0v) is 16.0. The van der Waals surface area contributed by atoms with Gasteiger partial charge < -0.3 is 14.2 Å².